The number of rotatable bonds is 6. The van der Waals surface area contributed by atoms with Gasteiger partial charge in [-0.05, 0) is 18.1 Å². The molecule has 4 aromatic rings. The minimum atomic E-state index is -0.630. The molecule has 0 bridgehead atoms. The number of carbonyl (C=O) groups is 1. The Hall–Kier alpha value is -4.09. The maximum Gasteiger partial charge on any atom is 0.332 e. The first-order valence-corrected chi connectivity index (χ1v) is 9.92. The fourth-order valence-electron chi connectivity index (χ4n) is 3.39. The zero-order chi connectivity index (χ0) is 23.0. The van der Waals surface area contributed by atoms with E-state index < -0.39 is 29.7 Å². The molecule has 4 heterocycles. The molecule has 0 aliphatic heterocycles. The molecule has 166 valence electrons. The highest BCUT2D eigenvalue weighted by atomic mass is 16.5. The third-order valence-corrected chi connectivity index (χ3v) is 5.11. The Morgan fingerprint density at radius 2 is 2.03 bits per heavy atom. The van der Waals surface area contributed by atoms with Crippen molar-refractivity contribution in [2.45, 2.75) is 26.4 Å². The molecule has 0 aliphatic carbocycles. The highest BCUT2D eigenvalue weighted by Gasteiger charge is 2.26. The lowest BCUT2D eigenvalue weighted by Crippen LogP contribution is -2.44. The second-order valence-electron chi connectivity index (χ2n) is 7.75. The monoisotopic (exact) mass is 438 g/mol. The van der Waals surface area contributed by atoms with E-state index in [1.165, 1.54) is 22.5 Å². The van der Waals surface area contributed by atoms with Gasteiger partial charge in [-0.1, -0.05) is 19.0 Å². The minimum absolute atomic E-state index is 0.0970. The lowest BCUT2D eigenvalue weighted by molar-refractivity contribution is -0.123. The quantitative estimate of drug-likeness (QED) is 0.455. The van der Waals surface area contributed by atoms with Crippen molar-refractivity contribution in [1.82, 2.24) is 39.1 Å². The number of aryl methyl sites for hydroxylation is 2. The van der Waals surface area contributed by atoms with Crippen molar-refractivity contribution in [3.8, 4) is 11.4 Å². The van der Waals surface area contributed by atoms with Crippen molar-refractivity contribution < 1.29 is 9.32 Å². The maximum atomic E-state index is 12.8. The van der Waals surface area contributed by atoms with E-state index in [-0.39, 0.29) is 23.0 Å². The van der Waals surface area contributed by atoms with Crippen molar-refractivity contribution in [3.05, 3.63) is 57.6 Å². The number of fused-ring (bicyclic) bond motifs is 1. The Morgan fingerprint density at radius 3 is 2.72 bits per heavy atom. The number of nitrogens with one attached hydrogen (secondary N) is 1. The number of pyridine rings is 1. The van der Waals surface area contributed by atoms with E-state index in [4.69, 9.17) is 4.52 Å². The second kappa shape index (κ2) is 8.21. The summed E-state index contributed by atoms with van der Waals surface area (Å²) in [5.41, 5.74) is -0.0488. The summed E-state index contributed by atoms with van der Waals surface area (Å²) in [5, 5.41) is 6.76. The van der Waals surface area contributed by atoms with Crippen LogP contribution in [0.2, 0.25) is 0 Å². The van der Waals surface area contributed by atoms with Gasteiger partial charge in [0, 0.05) is 32.1 Å². The topological polar surface area (TPSA) is 143 Å². The molecule has 0 spiro atoms. The van der Waals surface area contributed by atoms with Crippen molar-refractivity contribution >= 4 is 17.1 Å². The molecule has 1 amide bonds. The molecule has 0 radical (unpaired) electrons. The van der Waals surface area contributed by atoms with Gasteiger partial charge in [0.1, 0.15) is 12.6 Å². The number of nitrogens with zero attached hydrogens (tertiary/aromatic N) is 7. The molecule has 0 saturated carbocycles. The van der Waals surface area contributed by atoms with Gasteiger partial charge in [0.15, 0.2) is 11.2 Å². The van der Waals surface area contributed by atoms with Crippen molar-refractivity contribution in [2.24, 2.45) is 20.0 Å². The first-order chi connectivity index (χ1) is 15.3. The van der Waals surface area contributed by atoms with Gasteiger partial charge >= 0.3 is 5.69 Å². The minimum Gasteiger partial charge on any atom is -0.342 e. The molecule has 0 fully saturated rings. The largest absolute Gasteiger partial charge is 0.342 e. The zero-order valence-electron chi connectivity index (χ0n) is 18.0. The standard InChI is InChI=1S/C20H22N8O4/c1-11(2)14(18-24-16(25-32-18)12-6-5-7-21-8-12)23-13(29)9-28-19(30)15-17(22-10-26(15)3)27(4)20(28)31/h5-8,10-11,14H,9H2,1-4H3,(H,23,29). The van der Waals surface area contributed by atoms with Gasteiger partial charge in [0.05, 0.1) is 6.33 Å². The second-order valence-corrected chi connectivity index (χ2v) is 7.75. The van der Waals surface area contributed by atoms with Gasteiger partial charge in [-0.25, -0.2) is 14.3 Å². The smallest absolute Gasteiger partial charge is 0.332 e. The van der Waals surface area contributed by atoms with Crippen LogP contribution in [0.5, 0.6) is 0 Å². The summed E-state index contributed by atoms with van der Waals surface area (Å²) in [5.74, 6) is -0.0694. The normalized spacial score (nSPS) is 12.4. The Kier molecular flexibility index (Phi) is 5.43. The summed E-state index contributed by atoms with van der Waals surface area (Å²) in [6.45, 7) is 3.30. The molecule has 12 nitrogen and oxygen atoms in total. The lowest BCUT2D eigenvalue weighted by Gasteiger charge is -2.19. The summed E-state index contributed by atoms with van der Waals surface area (Å²) in [6.07, 6.45) is 4.69. The number of carbonyl (C=O) groups excluding carboxylic acids is 1. The van der Waals surface area contributed by atoms with E-state index >= 15 is 0 Å². The van der Waals surface area contributed by atoms with E-state index in [0.29, 0.717) is 11.4 Å². The van der Waals surface area contributed by atoms with Crippen LogP contribution in [-0.4, -0.2) is 39.7 Å². The number of imidazole rings is 1. The van der Waals surface area contributed by atoms with Crippen LogP contribution in [-0.2, 0) is 25.4 Å². The summed E-state index contributed by atoms with van der Waals surface area (Å²) in [4.78, 5) is 50.8. The third kappa shape index (κ3) is 3.70. The van der Waals surface area contributed by atoms with Crippen molar-refractivity contribution in [2.75, 3.05) is 0 Å². The highest BCUT2D eigenvalue weighted by molar-refractivity contribution is 5.77. The molecule has 4 aromatic heterocycles. The van der Waals surface area contributed by atoms with Gasteiger partial charge in [0.25, 0.3) is 5.56 Å². The molecule has 12 heteroatoms. The van der Waals surface area contributed by atoms with E-state index in [1.807, 2.05) is 13.8 Å². The van der Waals surface area contributed by atoms with E-state index in [2.05, 4.69) is 25.4 Å². The van der Waals surface area contributed by atoms with E-state index in [0.717, 1.165) is 4.57 Å². The Labute approximate surface area is 181 Å². The number of hydrogen-bond acceptors (Lipinski definition) is 8. The van der Waals surface area contributed by atoms with Crippen LogP contribution in [0, 0.1) is 5.92 Å². The molecular formula is C20H22N8O4. The van der Waals surface area contributed by atoms with Crippen LogP contribution < -0.4 is 16.6 Å². The van der Waals surface area contributed by atoms with Crippen molar-refractivity contribution in [1.29, 1.82) is 0 Å². The number of aromatic nitrogens is 7. The van der Waals surface area contributed by atoms with Gasteiger partial charge < -0.3 is 14.4 Å². The Bertz CT molecular complexity index is 1400. The average molecular weight is 438 g/mol. The summed E-state index contributed by atoms with van der Waals surface area (Å²) in [7, 11) is 3.15. The number of amides is 1. The van der Waals surface area contributed by atoms with Crippen LogP contribution in [0.25, 0.3) is 22.6 Å². The van der Waals surface area contributed by atoms with Crippen LogP contribution in [0.15, 0.2) is 45.0 Å². The van der Waals surface area contributed by atoms with Gasteiger partial charge in [-0.2, -0.15) is 4.98 Å². The van der Waals surface area contributed by atoms with Gasteiger partial charge in [-0.3, -0.25) is 19.1 Å². The van der Waals surface area contributed by atoms with Crippen molar-refractivity contribution in [3.63, 3.8) is 0 Å². The predicted molar refractivity (Wildman–Crippen MR) is 113 cm³/mol. The van der Waals surface area contributed by atoms with Gasteiger partial charge in [0.2, 0.25) is 17.6 Å². The summed E-state index contributed by atoms with van der Waals surface area (Å²) in [6, 6.07) is 2.94. The molecule has 1 unspecified atom stereocenters. The average Bonchev–Trinajstić information content (AvgIpc) is 3.41. The fourth-order valence-corrected chi connectivity index (χ4v) is 3.39. The Balaban J connectivity index is 1.60. The van der Waals surface area contributed by atoms with Crippen LogP contribution in [0.3, 0.4) is 0 Å². The molecule has 32 heavy (non-hydrogen) atoms. The fraction of sp³-hybridized carbons (Fsp3) is 0.350. The van der Waals surface area contributed by atoms with Crippen LogP contribution in [0.1, 0.15) is 25.8 Å². The van der Waals surface area contributed by atoms with E-state index in [9.17, 15) is 14.4 Å². The molecule has 0 aliphatic rings. The first-order valence-electron chi connectivity index (χ1n) is 9.92. The highest BCUT2D eigenvalue weighted by Crippen LogP contribution is 2.23. The molecule has 4 rings (SSSR count). The van der Waals surface area contributed by atoms with Crippen LogP contribution >= 0.6 is 0 Å². The summed E-state index contributed by atoms with van der Waals surface area (Å²) >= 11 is 0. The third-order valence-electron chi connectivity index (χ3n) is 5.11. The zero-order valence-corrected chi connectivity index (χ0v) is 18.0. The van der Waals surface area contributed by atoms with Gasteiger partial charge in [-0.15, -0.1) is 0 Å². The number of hydrogen-bond donors (Lipinski definition) is 1. The SMILES string of the molecule is CC(C)C(NC(=O)Cn1c(=O)c2c(ncn2C)n(C)c1=O)c1nc(-c2cccnc2)no1. The Morgan fingerprint density at radius 1 is 1.25 bits per heavy atom. The van der Waals surface area contributed by atoms with Crippen LogP contribution in [0.4, 0.5) is 0 Å². The lowest BCUT2D eigenvalue weighted by atomic mass is 10.0. The molecule has 1 N–H and O–H groups in total. The molecule has 1 atom stereocenters. The summed E-state index contributed by atoms with van der Waals surface area (Å²) < 4.78 is 9.01. The molecule has 0 aromatic carbocycles. The van der Waals surface area contributed by atoms with E-state index in [1.54, 1.807) is 31.6 Å². The molecule has 0 saturated heterocycles. The predicted octanol–water partition coefficient (Wildman–Crippen LogP) is 0.392. The molecular weight excluding hydrogens is 416 g/mol. The maximum absolute atomic E-state index is 12.8. The first kappa shape index (κ1) is 21.2.